The van der Waals surface area contributed by atoms with Crippen LogP contribution in [-0.4, -0.2) is 23.0 Å². The molecule has 0 spiro atoms. The minimum atomic E-state index is -0.736. The van der Waals surface area contributed by atoms with Crippen molar-refractivity contribution >= 4 is 11.9 Å². The number of nitrogens with one attached hydrogen (secondary N) is 1. The molecule has 0 radical (unpaired) electrons. The van der Waals surface area contributed by atoms with Crippen LogP contribution in [0.1, 0.15) is 52.9 Å². The van der Waals surface area contributed by atoms with E-state index >= 15 is 0 Å². The van der Waals surface area contributed by atoms with Crippen molar-refractivity contribution in [2.45, 2.75) is 58.9 Å². The first-order valence-corrected chi connectivity index (χ1v) is 6.90. The highest BCUT2D eigenvalue weighted by molar-refractivity contribution is 5.77. The number of aliphatic carboxylic acids is 1. The largest absolute Gasteiger partial charge is 0.481 e. The van der Waals surface area contributed by atoms with Gasteiger partial charge in [0.05, 0.1) is 5.92 Å². The molecule has 1 fully saturated rings. The SMILES string of the molecule is CC(C)CC(C)CC(=O)N[C@@H]1CC[C@H](C(=O)O)C1. The van der Waals surface area contributed by atoms with Gasteiger partial charge in [-0.15, -0.1) is 0 Å². The Morgan fingerprint density at radius 2 is 1.94 bits per heavy atom. The predicted octanol–water partition coefficient (Wildman–Crippen LogP) is 2.43. The maximum Gasteiger partial charge on any atom is 0.306 e. The second-order valence-corrected chi connectivity index (χ2v) is 6.05. The summed E-state index contributed by atoms with van der Waals surface area (Å²) in [4.78, 5) is 22.6. The van der Waals surface area contributed by atoms with E-state index in [-0.39, 0.29) is 17.9 Å². The Labute approximate surface area is 109 Å². The highest BCUT2D eigenvalue weighted by Gasteiger charge is 2.30. The van der Waals surface area contributed by atoms with Crippen LogP contribution in [0.3, 0.4) is 0 Å². The Hall–Kier alpha value is -1.06. The van der Waals surface area contributed by atoms with E-state index < -0.39 is 5.97 Å². The maximum absolute atomic E-state index is 11.8. The fourth-order valence-corrected chi connectivity index (χ4v) is 2.83. The molecule has 0 aromatic carbocycles. The zero-order chi connectivity index (χ0) is 13.7. The quantitative estimate of drug-likeness (QED) is 0.766. The summed E-state index contributed by atoms with van der Waals surface area (Å²) in [6, 6.07) is 0.0600. The summed E-state index contributed by atoms with van der Waals surface area (Å²) >= 11 is 0. The van der Waals surface area contributed by atoms with Crippen LogP contribution in [0, 0.1) is 17.8 Å². The first-order chi connectivity index (χ1) is 8.38. The number of carboxylic acids is 1. The molecule has 4 heteroatoms. The lowest BCUT2D eigenvalue weighted by atomic mass is 9.95. The number of carbonyl (C=O) groups is 2. The van der Waals surface area contributed by atoms with Gasteiger partial charge in [0.2, 0.25) is 5.91 Å². The van der Waals surface area contributed by atoms with Crippen molar-refractivity contribution in [3.05, 3.63) is 0 Å². The molecule has 0 aromatic heterocycles. The molecule has 4 nitrogen and oxygen atoms in total. The first kappa shape index (κ1) is 15.0. The van der Waals surface area contributed by atoms with Crippen molar-refractivity contribution in [3.8, 4) is 0 Å². The lowest BCUT2D eigenvalue weighted by Crippen LogP contribution is -2.34. The summed E-state index contributed by atoms with van der Waals surface area (Å²) < 4.78 is 0. The van der Waals surface area contributed by atoms with Gasteiger partial charge in [0.1, 0.15) is 0 Å². The maximum atomic E-state index is 11.8. The first-order valence-electron chi connectivity index (χ1n) is 6.90. The van der Waals surface area contributed by atoms with Crippen molar-refractivity contribution < 1.29 is 14.7 Å². The summed E-state index contributed by atoms with van der Waals surface area (Å²) in [5, 5.41) is 11.9. The van der Waals surface area contributed by atoms with E-state index in [9.17, 15) is 9.59 Å². The van der Waals surface area contributed by atoms with E-state index in [2.05, 4.69) is 26.1 Å². The smallest absolute Gasteiger partial charge is 0.306 e. The van der Waals surface area contributed by atoms with Crippen LogP contribution in [-0.2, 0) is 9.59 Å². The molecule has 1 amide bonds. The van der Waals surface area contributed by atoms with Gasteiger partial charge >= 0.3 is 5.97 Å². The standard InChI is InChI=1S/C14H25NO3/c1-9(2)6-10(3)7-13(16)15-12-5-4-11(8-12)14(17)18/h9-12H,4-8H2,1-3H3,(H,15,16)(H,17,18)/t10?,11-,12+/m0/s1. The van der Waals surface area contributed by atoms with Gasteiger partial charge in [-0.3, -0.25) is 9.59 Å². The van der Waals surface area contributed by atoms with Crippen LogP contribution in [0.2, 0.25) is 0 Å². The van der Waals surface area contributed by atoms with Crippen LogP contribution in [0.4, 0.5) is 0 Å². The summed E-state index contributed by atoms with van der Waals surface area (Å²) in [6.07, 6.45) is 3.66. The molecule has 1 saturated carbocycles. The Balaban J connectivity index is 2.27. The minimum absolute atomic E-state index is 0.0600. The van der Waals surface area contributed by atoms with Gasteiger partial charge < -0.3 is 10.4 Å². The topological polar surface area (TPSA) is 66.4 Å². The fraction of sp³-hybridized carbons (Fsp3) is 0.857. The number of hydrogen-bond acceptors (Lipinski definition) is 2. The van der Waals surface area contributed by atoms with Crippen LogP contribution >= 0.6 is 0 Å². The van der Waals surface area contributed by atoms with Gasteiger partial charge in [-0.25, -0.2) is 0 Å². The molecule has 0 heterocycles. The Bertz CT molecular complexity index is 301. The third-order valence-electron chi connectivity index (χ3n) is 3.55. The molecule has 0 aromatic rings. The van der Waals surface area contributed by atoms with Gasteiger partial charge in [0, 0.05) is 12.5 Å². The second kappa shape index (κ2) is 6.76. The zero-order valence-electron chi connectivity index (χ0n) is 11.6. The molecule has 104 valence electrons. The highest BCUT2D eigenvalue weighted by Crippen LogP contribution is 2.26. The molecule has 3 atom stereocenters. The summed E-state index contributed by atoms with van der Waals surface area (Å²) in [6.45, 7) is 6.40. The van der Waals surface area contributed by atoms with Crippen molar-refractivity contribution in [2.75, 3.05) is 0 Å². The number of carbonyl (C=O) groups excluding carboxylic acids is 1. The van der Waals surface area contributed by atoms with Gasteiger partial charge in [-0.1, -0.05) is 20.8 Å². The lowest BCUT2D eigenvalue weighted by molar-refractivity contribution is -0.141. The molecule has 1 aliphatic rings. The molecule has 18 heavy (non-hydrogen) atoms. The van der Waals surface area contributed by atoms with Crippen molar-refractivity contribution in [3.63, 3.8) is 0 Å². The zero-order valence-corrected chi connectivity index (χ0v) is 11.6. The molecule has 1 rings (SSSR count). The Kier molecular flexibility index (Phi) is 5.63. The average Bonchev–Trinajstić information content (AvgIpc) is 2.63. The van der Waals surface area contributed by atoms with Crippen LogP contribution < -0.4 is 5.32 Å². The van der Waals surface area contributed by atoms with E-state index in [0.717, 1.165) is 12.8 Å². The Morgan fingerprint density at radius 3 is 2.44 bits per heavy atom. The lowest BCUT2D eigenvalue weighted by Gasteiger charge is -2.16. The van der Waals surface area contributed by atoms with Gasteiger partial charge in [-0.2, -0.15) is 0 Å². The van der Waals surface area contributed by atoms with E-state index in [1.165, 1.54) is 0 Å². The molecule has 0 saturated heterocycles. The summed E-state index contributed by atoms with van der Waals surface area (Å²) in [5.41, 5.74) is 0. The van der Waals surface area contributed by atoms with E-state index in [1.807, 2.05) is 0 Å². The third-order valence-corrected chi connectivity index (χ3v) is 3.55. The fourth-order valence-electron chi connectivity index (χ4n) is 2.83. The average molecular weight is 255 g/mol. The van der Waals surface area contributed by atoms with Crippen LogP contribution in [0.15, 0.2) is 0 Å². The molecule has 0 aliphatic heterocycles. The third kappa shape index (κ3) is 5.07. The molecule has 0 bridgehead atoms. The molecular weight excluding hydrogens is 230 g/mol. The molecule has 2 N–H and O–H groups in total. The number of rotatable bonds is 6. The van der Waals surface area contributed by atoms with Crippen LogP contribution in [0.5, 0.6) is 0 Å². The normalized spacial score (nSPS) is 25.1. The van der Waals surface area contributed by atoms with Crippen molar-refractivity contribution in [1.82, 2.24) is 5.32 Å². The number of carboxylic acid groups (broad SMARTS) is 1. The minimum Gasteiger partial charge on any atom is -0.481 e. The summed E-state index contributed by atoms with van der Waals surface area (Å²) in [5.74, 6) is 0.0554. The monoisotopic (exact) mass is 255 g/mol. The van der Waals surface area contributed by atoms with Crippen molar-refractivity contribution in [2.24, 2.45) is 17.8 Å². The predicted molar refractivity (Wildman–Crippen MR) is 70.1 cm³/mol. The molecule has 1 unspecified atom stereocenters. The Morgan fingerprint density at radius 1 is 1.28 bits per heavy atom. The number of hydrogen-bond donors (Lipinski definition) is 2. The van der Waals surface area contributed by atoms with E-state index in [0.29, 0.717) is 31.1 Å². The summed E-state index contributed by atoms with van der Waals surface area (Å²) in [7, 11) is 0. The van der Waals surface area contributed by atoms with E-state index in [1.54, 1.807) is 0 Å². The van der Waals surface area contributed by atoms with Gasteiger partial charge in [-0.05, 0) is 37.5 Å². The van der Waals surface area contributed by atoms with Gasteiger partial charge in [0.25, 0.3) is 0 Å². The number of amides is 1. The van der Waals surface area contributed by atoms with Crippen molar-refractivity contribution in [1.29, 1.82) is 0 Å². The van der Waals surface area contributed by atoms with E-state index in [4.69, 9.17) is 5.11 Å². The second-order valence-electron chi connectivity index (χ2n) is 6.05. The van der Waals surface area contributed by atoms with Crippen LogP contribution in [0.25, 0.3) is 0 Å². The van der Waals surface area contributed by atoms with Gasteiger partial charge in [0.15, 0.2) is 0 Å². The molecular formula is C14H25NO3. The highest BCUT2D eigenvalue weighted by atomic mass is 16.4. The molecule has 1 aliphatic carbocycles.